The van der Waals surface area contributed by atoms with Crippen molar-refractivity contribution in [3.05, 3.63) is 83.9 Å². The van der Waals surface area contributed by atoms with Crippen molar-refractivity contribution in [1.29, 1.82) is 0 Å². The van der Waals surface area contributed by atoms with E-state index >= 15 is 0 Å². The summed E-state index contributed by atoms with van der Waals surface area (Å²) in [5.41, 5.74) is 4.43. The molecule has 0 aliphatic rings. The second kappa shape index (κ2) is 8.41. The van der Waals surface area contributed by atoms with Gasteiger partial charge in [-0.1, -0.05) is 60.3 Å². The monoisotopic (exact) mass is 403 g/mol. The molecule has 0 spiro atoms. The largest absolute Gasteiger partial charge is 0.495 e. The van der Waals surface area contributed by atoms with E-state index in [2.05, 4.69) is 15.3 Å². The molecule has 1 atom stereocenters. The molecule has 4 aromatic rings. The van der Waals surface area contributed by atoms with E-state index in [1.807, 2.05) is 79.7 Å². The molecule has 2 N–H and O–H groups in total. The summed E-state index contributed by atoms with van der Waals surface area (Å²) in [6.07, 6.45) is 0. The lowest BCUT2D eigenvalue weighted by Gasteiger charge is -2.17. The Balaban J connectivity index is 1.65. The molecule has 0 aliphatic heterocycles. The molecule has 1 amide bonds. The van der Waals surface area contributed by atoms with Crippen LogP contribution in [-0.4, -0.2) is 23.0 Å². The fourth-order valence-corrected chi connectivity index (χ4v) is 4.12. The molecule has 0 fully saturated rings. The van der Waals surface area contributed by atoms with E-state index in [0.29, 0.717) is 16.6 Å². The van der Waals surface area contributed by atoms with Crippen LogP contribution in [0.5, 0.6) is 5.75 Å². The first-order valence-corrected chi connectivity index (χ1v) is 10.1. The van der Waals surface area contributed by atoms with Gasteiger partial charge in [0.15, 0.2) is 5.16 Å². The van der Waals surface area contributed by atoms with Gasteiger partial charge in [0, 0.05) is 0 Å². The summed E-state index contributed by atoms with van der Waals surface area (Å²) in [6.45, 7) is 1.98. The van der Waals surface area contributed by atoms with Gasteiger partial charge in [-0.2, -0.15) is 0 Å². The lowest BCUT2D eigenvalue weighted by Crippen LogP contribution is -2.19. The molecule has 0 bridgehead atoms. The van der Waals surface area contributed by atoms with E-state index in [-0.39, 0.29) is 5.91 Å². The third kappa shape index (κ3) is 4.27. The average molecular weight is 404 g/mol. The number of nitrogens with one attached hydrogen (secondary N) is 2. The van der Waals surface area contributed by atoms with Crippen molar-refractivity contribution in [2.45, 2.75) is 17.3 Å². The Morgan fingerprint density at radius 3 is 2.59 bits per heavy atom. The third-order valence-electron chi connectivity index (χ3n) is 4.55. The quantitative estimate of drug-likeness (QED) is 0.426. The molecule has 1 heterocycles. The van der Waals surface area contributed by atoms with E-state index in [9.17, 15) is 4.79 Å². The molecule has 0 saturated carbocycles. The molecule has 5 nitrogen and oxygen atoms in total. The normalized spacial score (nSPS) is 11.9. The SMILES string of the molecule is COc1ccc(C)cc1NC(=O)[C@@H](Sc1nc2ccccc2[nH]1)c1ccccc1. The average Bonchev–Trinajstić information content (AvgIpc) is 3.15. The number of rotatable bonds is 6. The zero-order chi connectivity index (χ0) is 20.2. The molecule has 3 aromatic carbocycles. The van der Waals surface area contributed by atoms with Crippen molar-refractivity contribution in [3.63, 3.8) is 0 Å². The van der Waals surface area contributed by atoms with Crippen molar-refractivity contribution in [2.24, 2.45) is 0 Å². The Labute approximate surface area is 173 Å². The number of anilines is 1. The van der Waals surface area contributed by atoms with Crippen molar-refractivity contribution in [1.82, 2.24) is 9.97 Å². The minimum atomic E-state index is -0.470. The van der Waals surface area contributed by atoms with Crippen LogP contribution in [0.25, 0.3) is 11.0 Å². The molecule has 1 aromatic heterocycles. The Hall–Kier alpha value is -3.25. The smallest absolute Gasteiger partial charge is 0.242 e. The van der Waals surface area contributed by atoms with Crippen molar-refractivity contribution in [2.75, 3.05) is 12.4 Å². The minimum absolute atomic E-state index is 0.134. The Morgan fingerprint density at radius 1 is 1.07 bits per heavy atom. The van der Waals surface area contributed by atoms with Gasteiger partial charge in [-0.25, -0.2) is 4.98 Å². The zero-order valence-corrected chi connectivity index (χ0v) is 17.0. The fourth-order valence-electron chi connectivity index (χ4n) is 3.12. The van der Waals surface area contributed by atoms with Gasteiger partial charge < -0.3 is 15.0 Å². The number of H-pyrrole nitrogens is 1. The number of aromatic amines is 1. The van der Waals surface area contributed by atoms with Gasteiger partial charge in [0.2, 0.25) is 5.91 Å². The standard InChI is InChI=1S/C23H21N3O2S/c1-15-12-13-20(28-2)19(14-15)24-22(27)21(16-8-4-3-5-9-16)29-23-25-17-10-6-7-11-18(17)26-23/h3-14,21H,1-2H3,(H,24,27)(H,25,26)/t21-/m0/s1. The van der Waals surface area contributed by atoms with E-state index in [1.165, 1.54) is 11.8 Å². The van der Waals surface area contributed by atoms with Gasteiger partial charge >= 0.3 is 0 Å². The van der Waals surface area contributed by atoms with Crippen molar-refractivity contribution < 1.29 is 9.53 Å². The lowest BCUT2D eigenvalue weighted by molar-refractivity contribution is -0.115. The van der Waals surface area contributed by atoms with Crippen LogP contribution in [0.3, 0.4) is 0 Å². The molecule has 0 aliphatic carbocycles. The van der Waals surface area contributed by atoms with Gasteiger partial charge in [0.25, 0.3) is 0 Å². The number of hydrogen-bond donors (Lipinski definition) is 2. The molecule has 0 unspecified atom stereocenters. The van der Waals surface area contributed by atoms with E-state index < -0.39 is 5.25 Å². The highest BCUT2D eigenvalue weighted by Gasteiger charge is 2.24. The van der Waals surface area contributed by atoms with E-state index in [1.54, 1.807) is 7.11 Å². The van der Waals surface area contributed by atoms with Crippen LogP contribution in [0.1, 0.15) is 16.4 Å². The number of amides is 1. The topological polar surface area (TPSA) is 67.0 Å². The van der Waals surface area contributed by atoms with Gasteiger partial charge in [-0.3, -0.25) is 4.79 Å². The highest BCUT2D eigenvalue weighted by Crippen LogP contribution is 2.36. The number of imidazole rings is 1. The maximum Gasteiger partial charge on any atom is 0.242 e. The number of methoxy groups -OCH3 is 1. The summed E-state index contributed by atoms with van der Waals surface area (Å²) in [5.74, 6) is 0.495. The number of nitrogens with zero attached hydrogens (tertiary/aromatic N) is 1. The van der Waals surface area contributed by atoms with Crippen LogP contribution in [-0.2, 0) is 4.79 Å². The molecular formula is C23H21N3O2S. The van der Waals surface area contributed by atoms with E-state index in [0.717, 1.165) is 22.2 Å². The van der Waals surface area contributed by atoms with Gasteiger partial charge in [-0.15, -0.1) is 0 Å². The molecule has 6 heteroatoms. The van der Waals surface area contributed by atoms with Crippen LogP contribution >= 0.6 is 11.8 Å². The predicted octanol–water partition coefficient (Wildman–Crippen LogP) is 5.35. The molecule has 0 radical (unpaired) electrons. The second-order valence-corrected chi connectivity index (χ2v) is 7.75. The highest BCUT2D eigenvalue weighted by atomic mass is 32.2. The maximum atomic E-state index is 13.3. The number of ether oxygens (including phenoxy) is 1. The number of fused-ring (bicyclic) bond motifs is 1. The Bertz CT molecular complexity index is 1110. The zero-order valence-electron chi connectivity index (χ0n) is 16.2. The number of para-hydroxylation sites is 2. The first-order valence-electron chi connectivity index (χ1n) is 9.26. The maximum absolute atomic E-state index is 13.3. The van der Waals surface area contributed by atoms with Crippen LogP contribution in [0, 0.1) is 6.92 Å². The van der Waals surface area contributed by atoms with E-state index in [4.69, 9.17) is 4.74 Å². The number of aryl methyl sites for hydroxylation is 1. The lowest BCUT2D eigenvalue weighted by atomic mass is 10.1. The minimum Gasteiger partial charge on any atom is -0.495 e. The second-order valence-electron chi connectivity index (χ2n) is 6.66. The van der Waals surface area contributed by atoms with Gasteiger partial charge in [0.1, 0.15) is 11.0 Å². The summed E-state index contributed by atoms with van der Waals surface area (Å²) in [5, 5.41) is 3.26. The number of benzene rings is 3. The summed E-state index contributed by atoms with van der Waals surface area (Å²) < 4.78 is 5.40. The van der Waals surface area contributed by atoms with Crippen LogP contribution in [0.2, 0.25) is 0 Å². The fraction of sp³-hybridized carbons (Fsp3) is 0.130. The molecule has 146 valence electrons. The predicted molar refractivity (Wildman–Crippen MR) is 117 cm³/mol. The van der Waals surface area contributed by atoms with Crippen LogP contribution in [0.15, 0.2) is 78.0 Å². The summed E-state index contributed by atoms with van der Waals surface area (Å²) in [6, 6.07) is 23.3. The number of carbonyl (C=O) groups excluding carboxylic acids is 1. The third-order valence-corrected chi connectivity index (χ3v) is 5.69. The molecule has 29 heavy (non-hydrogen) atoms. The Morgan fingerprint density at radius 2 is 1.83 bits per heavy atom. The number of aromatic nitrogens is 2. The molecule has 4 rings (SSSR count). The first-order chi connectivity index (χ1) is 14.1. The number of carbonyl (C=O) groups is 1. The summed E-state index contributed by atoms with van der Waals surface area (Å²) in [7, 11) is 1.60. The molecular weight excluding hydrogens is 382 g/mol. The summed E-state index contributed by atoms with van der Waals surface area (Å²) >= 11 is 1.39. The first kappa shape index (κ1) is 19.1. The van der Waals surface area contributed by atoms with Crippen molar-refractivity contribution in [3.8, 4) is 5.75 Å². The Kier molecular flexibility index (Phi) is 5.53. The van der Waals surface area contributed by atoms with Gasteiger partial charge in [0.05, 0.1) is 23.8 Å². The molecule has 0 saturated heterocycles. The van der Waals surface area contributed by atoms with Crippen LogP contribution < -0.4 is 10.1 Å². The van der Waals surface area contributed by atoms with Gasteiger partial charge in [-0.05, 0) is 42.3 Å². The van der Waals surface area contributed by atoms with Crippen LogP contribution in [0.4, 0.5) is 5.69 Å². The van der Waals surface area contributed by atoms with Crippen molar-refractivity contribution >= 4 is 34.4 Å². The highest BCUT2D eigenvalue weighted by molar-refractivity contribution is 8.00. The summed E-state index contributed by atoms with van der Waals surface area (Å²) in [4.78, 5) is 21.2. The number of hydrogen-bond acceptors (Lipinski definition) is 4. The number of thioether (sulfide) groups is 1.